The lowest BCUT2D eigenvalue weighted by atomic mass is 10.1. The maximum atomic E-state index is 13.6. The third-order valence-electron chi connectivity index (χ3n) is 2.54. The topological polar surface area (TPSA) is 31.4 Å². The van der Waals surface area contributed by atoms with Crippen molar-refractivity contribution >= 4 is 22.5 Å². The van der Waals surface area contributed by atoms with Gasteiger partial charge >= 0.3 is 0 Å². The Balaban J connectivity index is 2.83. The maximum Gasteiger partial charge on any atom is 0.163 e. The highest BCUT2D eigenvalue weighted by atomic mass is 35.5. The SMILES string of the molecule is COc1cc2nc(C)c(F)c(Cl)c2cc1OC. The molecule has 0 aliphatic carbocycles. The van der Waals surface area contributed by atoms with Crippen LogP contribution >= 0.6 is 11.6 Å². The van der Waals surface area contributed by atoms with E-state index in [1.807, 2.05) is 0 Å². The molecule has 90 valence electrons. The molecule has 17 heavy (non-hydrogen) atoms. The molecule has 2 rings (SSSR count). The minimum Gasteiger partial charge on any atom is -0.493 e. The number of hydrogen-bond acceptors (Lipinski definition) is 3. The van der Waals surface area contributed by atoms with Crippen LogP contribution in [0.4, 0.5) is 4.39 Å². The largest absolute Gasteiger partial charge is 0.493 e. The molecule has 0 N–H and O–H groups in total. The molecule has 0 saturated carbocycles. The third-order valence-corrected chi connectivity index (χ3v) is 2.91. The standard InChI is InChI=1S/C12H11ClFNO2/c1-6-12(14)11(13)7-4-9(16-2)10(17-3)5-8(7)15-6/h4-5H,1-3H3. The summed E-state index contributed by atoms with van der Waals surface area (Å²) in [5.74, 6) is 0.521. The van der Waals surface area contributed by atoms with Crippen LogP contribution in [0.15, 0.2) is 12.1 Å². The Morgan fingerprint density at radius 1 is 1.18 bits per heavy atom. The molecule has 0 amide bonds. The highest BCUT2D eigenvalue weighted by Gasteiger charge is 2.14. The van der Waals surface area contributed by atoms with Gasteiger partial charge in [-0.15, -0.1) is 0 Å². The van der Waals surface area contributed by atoms with Gasteiger partial charge in [-0.25, -0.2) is 9.37 Å². The number of methoxy groups -OCH3 is 2. The molecule has 0 fully saturated rings. The van der Waals surface area contributed by atoms with Crippen molar-refractivity contribution in [2.75, 3.05) is 14.2 Å². The highest BCUT2D eigenvalue weighted by Crippen LogP contribution is 2.35. The van der Waals surface area contributed by atoms with Crippen LogP contribution in [0.5, 0.6) is 11.5 Å². The smallest absolute Gasteiger partial charge is 0.163 e. The van der Waals surface area contributed by atoms with Gasteiger partial charge in [0.2, 0.25) is 0 Å². The number of aromatic nitrogens is 1. The van der Waals surface area contributed by atoms with E-state index in [4.69, 9.17) is 21.1 Å². The number of hydrogen-bond donors (Lipinski definition) is 0. The van der Waals surface area contributed by atoms with Crippen molar-refractivity contribution < 1.29 is 13.9 Å². The Morgan fingerprint density at radius 2 is 1.76 bits per heavy atom. The minimum absolute atomic E-state index is 0.0495. The molecule has 0 aliphatic heterocycles. The highest BCUT2D eigenvalue weighted by molar-refractivity contribution is 6.35. The molecule has 0 saturated heterocycles. The normalized spacial score (nSPS) is 10.6. The second-order valence-electron chi connectivity index (χ2n) is 3.55. The van der Waals surface area contributed by atoms with Crippen molar-refractivity contribution in [3.05, 3.63) is 28.7 Å². The van der Waals surface area contributed by atoms with Gasteiger partial charge in [0.05, 0.1) is 30.5 Å². The third kappa shape index (κ3) is 1.89. The summed E-state index contributed by atoms with van der Waals surface area (Å²) in [5.41, 5.74) is 0.835. The number of aryl methyl sites for hydroxylation is 1. The van der Waals surface area contributed by atoms with Crippen LogP contribution < -0.4 is 9.47 Å². The van der Waals surface area contributed by atoms with Gasteiger partial charge in [0, 0.05) is 11.5 Å². The fraction of sp³-hybridized carbons (Fsp3) is 0.250. The first kappa shape index (κ1) is 11.9. The molecule has 0 radical (unpaired) electrons. The number of rotatable bonds is 2. The summed E-state index contributed by atoms with van der Waals surface area (Å²) in [7, 11) is 3.04. The molecule has 0 spiro atoms. The Labute approximate surface area is 103 Å². The van der Waals surface area contributed by atoms with E-state index in [1.165, 1.54) is 14.2 Å². The lowest BCUT2D eigenvalue weighted by Crippen LogP contribution is -1.95. The van der Waals surface area contributed by atoms with Crippen LogP contribution in [-0.4, -0.2) is 19.2 Å². The summed E-state index contributed by atoms with van der Waals surface area (Å²) in [6.45, 7) is 1.57. The first-order valence-corrected chi connectivity index (χ1v) is 5.33. The van der Waals surface area contributed by atoms with Gasteiger partial charge in [-0.1, -0.05) is 11.6 Å². The molecule has 0 unspecified atom stereocenters. The first-order chi connectivity index (χ1) is 8.08. The van der Waals surface area contributed by atoms with Gasteiger partial charge in [-0.05, 0) is 13.0 Å². The average Bonchev–Trinajstić information content (AvgIpc) is 2.34. The monoisotopic (exact) mass is 255 g/mol. The molecule has 5 heteroatoms. The van der Waals surface area contributed by atoms with Gasteiger partial charge in [-0.3, -0.25) is 0 Å². The van der Waals surface area contributed by atoms with E-state index in [0.717, 1.165) is 0 Å². The predicted molar refractivity (Wildman–Crippen MR) is 64.6 cm³/mol. The van der Waals surface area contributed by atoms with Crippen molar-refractivity contribution in [2.45, 2.75) is 6.92 Å². The quantitative estimate of drug-likeness (QED) is 0.825. The van der Waals surface area contributed by atoms with E-state index in [9.17, 15) is 4.39 Å². The van der Waals surface area contributed by atoms with E-state index in [0.29, 0.717) is 22.4 Å². The fourth-order valence-electron chi connectivity index (χ4n) is 1.64. The molecule has 2 aromatic rings. The minimum atomic E-state index is -0.508. The van der Waals surface area contributed by atoms with Crippen LogP contribution in [0.1, 0.15) is 5.69 Å². The molecular weight excluding hydrogens is 245 g/mol. The maximum absolute atomic E-state index is 13.6. The second kappa shape index (κ2) is 4.37. The Kier molecular flexibility index (Phi) is 3.07. The molecule has 1 heterocycles. The Hall–Kier alpha value is -1.55. The summed E-state index contributed by atoms with van der Waals surface area (Å²) in [6, 6.07) is 3.29. The van der Waals surface area contributed by atoms with E-state index < -0.39 is 5.82 Å². The molecular formula is C12H11ClFNO2. The van der Waals surface area contributed by atoms with Gasteiger partial charge in [0.1, 0.15) is 0 Å². The first-order valence-electron chi connectivity index (χ1n) is 4.95. The molecule has 3 nitrogen and oxygen atoms in total. The molecule has 1 aromatic carbocycles. The van der Waals surface area contributed by atoms with Crippen LogP contribution in [0, 0.1) is 12.7 Å². The van der Waals surface area contributed by atoms with Crippen LogP contribution in [0.2, 0.25) is 5.02 Å². The Morgan fingerprint density at radius 3 is 2.35 bits per heavy atom. The average molecular weight is 256 g/mol. The van der Waals surface area contributed by atoms with Crippen molar-refractivity contribution in [3.63, 3.8) is 0 Å². The predicted octanol–water partition coefficient (Wildman–Crippen LogP) is 3.35. The summed E-state index contributed by atoms with van der Waals surface area (Å²) < 4.78 is 23.9. The van der Waals surface area contributed by atoms with Crippen molar-refractivity contribution in [1.29, 1.82) is 0 Å². The number of halogens is 2. The lowest BCUT2D eigenvalue weighted by Gasteiger charge is -2.10. The number of fused-ring (bicyclic) bond motifs is 1. The summed E-state index contributed by atoms with van der Waals surface area (Å²) in [6.07, 6.45) is 0. The summed E-state index contributed by atoms with van der Waals surface area (Å²) >= 11 is 5.94. The van der Waals surface area contributed by atoms with Gasteiger partial charge in [0.25, 0.3) is 0 Å². The van der Waals surface area contributed by atoms with Gasteiger partial charge < -0.3 is 9.47 Å². The second-order valence-corrected chi connectivity index (χ2v) is 3.93. The van der Waals surface area contributed by atoms with E-state index in [2.05, 4.69) is 4.98 Å². The zero-order valence-electron chi connectivity index (χ0n) is 9.67. The van der Waals surface area contributed by atoms with Crippen molar-refractivity contribution in [2.24, 2.45) is 0 Å². The van der Waals surface area contributed by atoms with Crippen molar-refractivity contribution in [1.82, 2.24) is 4.98 Å². The molecule has 0 bridgehead atoms. The van der Waals surface area contributed by atoms with E-state index in [1.54, 1.807) is 19.1 Å². The van der Waals surface area contributed by atoms with Gasteiger partial charge in [-0.2, -0.15) is 0 Å². The molecule has 0 atom stereocenters. The van der Waals surface area contributed by atoms with Crippen LogP contribution in [0.25, 0.3) is 10.9 Å². The fourth-order valence-corrected chi connectivity index (χ4v) is 1.93. The van der Waals surface area contributed by atoms with Gasteiger partial charge in [0.15, 0.2) is 17.3 Å². The van der Waals surface area contributed by atoms with Crippen LogP contribution in [-0.2, 0) is 0 Å². The number of pyridine rings is 1. The Bertz CT molecular complexity index is 586. The summed E-state index contributed by atoms with van der Waals surface area (Å²) in [4.78, 5) is 4.13. The zero-order valence-corrected chi connectivity index (χ0v) is 10.4. The van der Waals surface area contributed by atoms with Crippen molar-refractivity contribution in [3.8, 4) is 11.5 Å². The van der Waals surface area contributed by atoms with E-state index in [-0.39, 0.29) is 10.7 Å². The number of ether oxygens (including phenoxy) is 2. The number of benzene rings is 1. The number of nitrogens with zero attached hydrogens (tertiary/aromatic N) is 1. The van der Waals surface area contributed by atoms with Crippen LogP contribution in [0.3, 0.4) is 0 Å². The molecule has 1 aromatic heterocycles. The van der Waals surface area contributed by atoms with E-state index >= 15 is 0 Å². The molecule has 0 aliphatic rings. The summed E-state index contributed by atoms with van der Waals surface area (Å²) in [5, 5.41) is 0.556. The zero-order chi connectivity index (χ0) is 12.6. The lowest BCUT2D eigenvalue weighted by molar-refractivity contribution is 0.355.